The molecule has 0 saturated heterocycles. The summed E-state index contributed by atoms with van der Waals surface area (Å²) in [6.07, 6.45) is 0.150. The van der Waals surface area contributed by atoms with Gasteiger partial charge in [-0.05, 0) is 35.9 Å². The molecule has 0 heterocycles. The maximum absolute atomic E-state index is 11.9. The van der Waals surface area contributed by atoms with Crippen molar-refractivity contribution in [1.29, 1.82) is 0 Å². The zero-order chi connectivity index (χ0) is 13.8. The summed E-state index contributed by atoms with van der Waals surface area (Å²) in [5, 5.41) is 12.9. The van der Waals surface area contributed by atoms with Gasteiger partial charge >= 0.3 is 0 Å². The SMILES string of the molecule is O=C(Cc1cccc(O)c1)Nc1cc(Cl)ccc1Cl. The van der Waals surface area contributed by atoms with E-state index in [0.29, 0.717) is 15.7 Å². The average Bonchev–Trinajstić information content (AvgIpc) is 2.34. The number of hydrogen-bond donors (Lipinski definition) is 2. The number of halogens is 2. The fourth-order valence-electron chi connectivity index (χ4n) is 1.64. The molecule has 1 amide bonds. The Kier molecular flexibility index (Phi) is 4.30. The first-order valence-corrected chi connectivity index (χ1v) is 6.33. The van der Waals surface area contributed by atoms with Gasteiger partial charge in [0.25, 0.3) is 0 Å². The monoisotopic (exact) mass is 295 g/mol. The topological polar surface area (TPSA) is 49.3 Å². The molecule has 0 atom stereocenters. The Bertz CT molecular complexity index is 614. The third kappa shape index (κ3) is 3.88. The Morgan fingerprint density at radius 1 is 1.16 bits per heavy atom. The van der Waals surface area contributed by atoms with Crippen LogP contribution in [-0.2, 0) is 11.2 Å². The molecule has 2 aromatic carbocycles. The summed E-state index contributed by atoms with van der Waals surface area (Å²) in [7, 11) is 0. The maximum Gasteiger partial charge on any atom is 0.228 e. The van der Waals surface area contributed by atoms with Crippen LogP contribution >= 0.6 is 23.2 Å². The number of nitrogens with one attached hydrogen (secondary N) is 1. The molecular weight excluding hydrogens is 285 g/mol. The number of carbonyl (C=O) groups excluding carboxylic acids is 1. The first-order chi connectivity index (χ1) is 9.04. The number of amides is 1. The summed E-state index contributed by atoms with van der Waals surface area (Å²) in [5.41, 5.74) is 1.19. The Labute approximate surface area is 120 Å². The first-order valence-electron chi connectivity index (χ1n) is 5.57. The van der Waals surface area contributed by atoms with E-state index in [4.69, 9.17) is 23.2 Å². The normalized spacial score (nSPS) is 10.2. The van der Waals surface area contributed by atoms with Crippen LogP contribution in [0.1, 0.15) is 5.56 Å². The van der Waals surface area contributed by atoms with E-state index in [2.05, 4.69) is 5.32 Å². The Balaban J connectivity index is 2.07. The molecule has 0 unspecified atom stereocenters. The van der Waals surface area contributed by atoms with Crippen molar-refractivity contribution >= 4 is 34.8 Å². The lowest BCUT2D eigenvalue weighted by Gasteiger charge is -2.08. The van der Waals surface area contributed by atoms with Crippen molar-refractivity contribution in [1.82, 2.24) is 0 Å². The third-order valence-electron chi connectivity index (χ3n) is 2.48. The number of anilines is 1. The van der Waals surface area contributed by atoms with Crippen LogP contribution in [0.5, 0.6) is 5.75 Å². The molecule has 2 N–H and O–H groups in total. The van der Waals surface area contributed by atoms with Crippen molar-refractivity contribution in [3.8, 4) is 5.75 Å². The van der Waals surface area contributed by atoms with Crippen molar-refractivity contribution in [3.05, 3.63) is 58.1 Å². The fraction of sp³-hybridized carbons (Fsp3) is 0.0714. The lowest BCUT2D eigenvalue weighted by atomic mass is 10.1. The van der Waals surface area contributed by atoms with Crippen molar-refractivity contribution in [2.45, 2.75) is 6.42 Å². The van der Waals surface area contributed by atoms with E-state index >= 15 is 0 Å². The van der Waals surface area contributed by atoms with Gasteiger partial charge in [-0.15, -0.1) is 0 Å². The van der Waals surface area contributed by atoms with Gasteiger partial charge in [0, 0.05) is 5.02 Å². The molecule has 5 heteroatoms. The summed E-state index contributed by atoms with van der Waals surface area (Å²) < 4.78 is 0. The molecule has 0 aromatic heterocycles. The van der Waals surface area contributed by atoms with Gasteiger partial charge < -0.3 is 10.4 Å². The van der Waals surface area contributed by atoms with E-state index in [0.717, 1.165) is 5.56 Å². The minimum absolute atomic E-state index is 0.131. The molecule has 0 radical (unpaired) electrons. The zero-order valence-corrected chi connectivity index (χ0v) is 11.4. The molecule has 98 valence electrons. The second-order valence-electron chi connectivity index (χ2n) is 4.02. The largest absolute Gasteiger partial charge is 0.508 e. The molecule has 0 aliphatic rings. The predicted molar refractivity (Wildman–Crippen MR) is 76.9 cm³/mol. The molecule has 0 fully saturated rings. The Hall–Kier alpha value is -1.71. The summed E-state index contributed by atoms with van der Waals surface area (Å²) in [4.78, 5) is 11.9. The van der Waals surface area contributed by atoms with Gasteiger partial charge in [-0.1, -0.05) is 35.3 Å². The van der Waals surface area contributed by atoms with Gasteiger partial charge in [0.1, 0.15) is 5.75 Å². The van der Waals surface area contributed by atoms with Crippen LogP contribution in [0.25, 0.3) is 0 Å². The van der Waals surface area contributed by atoms with Crippen molar-refractivity contribution < 1.29 is 9.90 Å². The van der Waals surface area contributed by atoms with E-state index < -0.39 is 0 Å². The second kappa shape index (κ2) is 5.95. The minimum atomic E-state index is -0.227. The van der Waals surface area contributed by atoms with Gasteiger partial charge in [-0.25, -0.2) is 0 Å². The van der Waals surface area contributed by atoms with Crippen LogP contribution in [0.15, 0.2) is 42.5 Å². The van der Waals surface area contributed by atoms with E-state index in [9.17, 15) is 9.90 Å². The number of benzene rings is 2. The van der Waals surface area contributed by atoms with Crippen LogP contribution in [-0.4, -0.2) is 11.0 Å². The smallest absolute Gasteiger partial charge is 0.228 e. The van der Waals surface area contributed by atoms with Gasteiger partial charge in [0.15, 0.2) is 0 Å². The highest BCUT2D eigenvalue weighted by molar-refractivity contribution is 6.35. The number of rotatable bonds is 3. The molecular formula is C14H11Cl2NO2. The molecule has 0 aliphatic carbocycles. The third-order valence-corrected chi connectivity index (χ3v) is 3.04. The van der Waals surface area contributed by atoms with Crippen LogP contribution < -0.4 is 5.32 Å². The number of phenols is 1. The van der Waals surface area contributed by atoms with Crippen LogP contribution in [0, 0.1) is 0 Å². The highest BCUT2D eigenvalue weighted by Gasteiger charge is 2.08. The zero-order valence-electron chi connectivity index (χ0n) is 9.86. The van der Waals surface area contributed by atoms with Gasteiger partial charge in [0.2, 0.25) is 5.91 Å². The molecule has 2 aromatic rings. The predicted octanol–water partition coefficient (Wildman–Crippen LogP) is 3.88. The minimum Gasteiger partial charge on any atom is -0.508 e. The summed E-state index contributed by atoms with van der Waals surface area (Å²) in [6.45, 7) is 0. The summed E-state index contributed by atoms with van der Waals surface area (Å²) in [6, 6.07) is 11.4. The standard InChI is InChI=1S/C14H11Cl2NO2/c15-10-4-5-12(16)13(8-10)17-14(19)7-9-2-1-3-11(18)6-9/h1-6,8,18H,7H2,(H,17,19). The van der Waals surface area contributed by atoms with Crippen LogP contribution in [0.2, 0.25) is 10.0 Å². The highest BCUT2D eigenvalue weighted by Crippen LogP contribution is 2.25. The van der Waals surface area contributed by atoms with E-state index in [-0.39, 0.29) is 18.1 Å². The number of aromatic hydroxyl groups is 1. The van der Waals surface area contributed by atoms with Gasteiger partial charge in [-0.3, -0.25) is 4.79 Å². The van der Waals surface area contributed by atoms with Crippen molar-refractivity contribution in [2.24, 2.45) is 0 Å². The van der Waals surface area contributed by atoms with Gasteiger partial charge in [-0.2, -0.15) is 0 Å². The number of phenolic OH excluding ortho intramolecular Hbond substituents is 1. The summed E-state index contributed by atoms with van der Waals surface area (Å²) >= 11 is 11.8. The maximum atomic E-state index is 11.9. The van der Waals surface area contributed by atoms with Gasteiger partial charge in [0.05, 0.1) is 17.1 Å². The Morgan fingerprint density at radius 2 is 1.95 bits per heavy atom. The Morgan fingerprint density at radius 3 is 2.68 bits per heavy atom. The van der Waals surface area contributed by atoms with E-state index in [1.807, 2.05) is 0 Å². The quantitative estimate of drug-likeness (QED) is 0.903. The average molecular weight is 296 g/mol. The molecule has 0 bridgehead atoms. The highest BCUT2D eigenvalue weighted by atomic mass is 35.5. The van der Waals surface area contributed by atoms with E-state index in [1.165, 1.54) is 0 Å². The van der Waals surface area contributed by atoms with E-state index in [1.54, 1.807) is 42.5 Å². The number of hydrogen-bond acceptors (Lipinski definition) is 2. The molecule has 19 heavy (non-hydrogen) atoms. The second-order valence-corrected chi connectivity index (χ2v) is 4.86. The lowest BCUT2D eigenvalue weighted by Crippen LogP contribution is -2.14. The molecule has 2 rings (SSSR count). The van der Waals surface area contributed by atoms with Crippen molar-refractivity contribution in [3.63, 3.8) is 0 Å². The number of carbonyl (C=O) groups is 1. The lowest BCUT2D eigenvalue weighted by molar-refractivity contribution is -0.115. The van der Waals surface area contributed by atoms with Crippen LogP contribution in [0.3, 0.4) is 0 Å². The van der Waals surface area contributed by atoms with Crippen molar-refractivity contribution in [2.75, 3.05) is 5.32 Å². The summed E-state index contributed by atoms with van der Waals surface area (Å²) in [5.74, 6) is -0.0964. The molecule has 3 nitrogen and oxygen atoms in total. The fourth-order valence-corrected chi connectivity index (χ4v) is 1.98. The first kappa shape index (κ1) is 13.7. The molecule has 0 aliphatic heterocycles. The molecule has 0 saturated carbocycles. The molecule has 0 spiro atoms. The van der Waals surface area contributed by atoms with Crippen LogP contribution in [0.4, 0.5) is 5.69 Å².